The maximum atomic E-state index is 10.6. The molecule has 0 amide bonds. The average Bonchev–Trinajstić information content (AvgIpc) is 2.46. The van der Waals surface area contributed by atoms with Gasteiger partial charge in [0, 0.05) is 14.7 Å². The van der Waals surface area contributed by atoms with E-state index in [1.807, 2.05) is 61.5 Å². The molecule has 2 nitrogen and oxygen atoms in total. The second-order valence-electron chi connectivity index (χ2n) is 4.83. The Balaban J connectivity index is 2.06. The number of hydrogen-bond donors (Lipinski definition) is 1. The molecule has 0 aliphatic rings. The van der Waals surface area contributed by atoms with E-state index < -0.39 is 6.10 Å². The first-order chi connectivity index (χ1) is 9.65. The number of benzene rings is 2. The number of aromatic nitrogens is 1. The Morgan fingerprint density at radius 2 is 1.85 bits per heavy atom. The number of aliphatic hydroxyl groups is 1. The number of halogens is 1. The van der Waals surface area contributed by atoms with Gasteiger partial charge in [0.25, 0.3) is 0 Å². The Labute approximate surface area is 131 Å². The van der Waals surface area contributed by atoms with Gasteiger partial charge in [-0.3, -0.25) is 4.98 Å². The molecular weight excluding hydrogens is 361 g/mol. The maximum Gasteiger partial charge on any atom is 0.105 e. The molecule has 1 unspecified atom stereocenters. The highest BCUT2D eigenvalue weighted by Crippen LogP contribution is 2.28. The zero-order valence-corrected chi connectivity index (χ0v) is 13.2. The number of nitrogens with zero attached hydrogens (tertiary/aromatic N) is 1. The zero-order valence-electron chi connectivity index (χ0n) is 11.0. The number of rotatable bonds is 2. The van der Waals surface area contributed by atoms with E-state index in [1.54, 1.807) is 0 Å². The molecular formula is C17H14INO. The molecule has 0 radical (unpaired) electrons. The summed E-state index contributed by atoms with van der Waals surface area (Å²) in [6.45, 7) is 1.98. The van der Waals surface area contributed by atoms with Crippen LogP contribution in [-0.2, 0) is 0 Å². The lowest BCUT2D eigenvalue weighted by molar-refractivity contribution is 0.219. The monoisotopic (exact) mass is 375 g/mol. The molecule has 0 bridgehead atoms. The van der Waals surface area contributed by atoms with Crippen LogP contribution < -0.4 is 0 Å². The van der Waals surface area contributed by atoms with E-state index in [0.717, 1.165) is 31.3 Å². The third-order valence-corrected chi connectivity index (χ3v) is 4.35. The minimum Gasteiger partial charge on any atom is -0.384 e. The van der Waals surface area contributed by atoms with Crippen molar-refractivity contribution < 1.29 is 5.11 Å². The zero-order chi connectivity index (χ0) is 14.1. The number of pyridine rings is 1. The second kappa shape index (κ2) is 5.50. The molecule has 1 atom stereocenters. The Kier molecular flexibility index (Phi) is 3.72. The van der Waals surface area contributed by atoms with Crippen molar-refractivity contribution >= 4 is 33.5 Å². The standard InChI is InChI=1S/C17H14INO/c1-11-6-7-12-10-13(8-9-16(12)19-11)17(20)14-4-2-3-5-15(14)18/h2-10,17,20H,1H3. The fraction of sp³-hybridized carbons (Fsp3) is 0.118. The Morgan fingerprint density at radius 3 is 2.65 bits per heavy atom. The molecule has 1 N–H and O–H groups in total. The predicted octanol–water partition coefficient (Wildman–Crippen LogP) is 4.23. The third kappa shape index (κ3) is 2.55. The number of aryl methyl sites for hydroxylation is 1. The summed E-state index contributed by atoms with van der Waals surface area (Å²) in [6.07, 6.45) is -0.603. The summed E-state index contributed by atoms with van der Waals surface area (Å²) >= 11 is 2.25. The summed E-state index contributed by atoms with van der Waals surface area (Å²) in [6, 6.07) is 17.9. The van der Waals surface area contributed by atoms with Crippen molar-refractivity contribution in [2.45, 2.75) is 13.0 Å². The molecule has 100 valence electrons. The average molecular weight is 375 g/mol. The first kappa shape index (κ1) is 13.5. The molecule has 20 heavy (non-hydrogen) atoms. The maximum absolute atomic E-state index is 10.6. The summed E-state index contributed by atoms with van der Waals surface area (Å²) in [4.78, 5) is 4.48. The van der Waals surface area contributed by atoms with Gasteiger partial charge in [0.05, 0.1) is 5.52 Å². The molecule has 3 aromatic rings. The van der Waals surface area contributed by atoms with Gasteiger partial charge in [-0.1, -0.05) is 30.3 Å². The van der Waals surface area contributed by atoms with Crippen LogP contribution in [0.25, 0.3) is 10.9 Å². The minimum absolute atomic E-state index is 0.603. The van der Waals surface area contributed by atoms with Crippen LogP contribution in [-0.4, -0.2) is 10.1 Å². The van der Waals surface area contributed by atoms with Gasteiger partial charge in [0.2, 0.25) is 0 Å². The summed E-state index contributed by atoms with van der Waals surface area (Å²) in [5.41, 5.74) is 3.80. The summed E-state index contributed by atoms with van der Waals surface area (Å²) < 4.78 is 1.07. The van der Waals surface area contributed by atoms with Crippen LogP contribution in [0.5, 0.6) is 0 Å². The van der Waals surface area contributed by atoms with E-state index in [4.69, 9.17) is 0 Å². The van der Waals surface area contributed by atoms with Gasteiger partial charge < -0.3 is 5.11 Å². The molecule has 0 saturated carbocycles. The van der Waals surface area contributed by atoms with Gasteiger partial charge in [-0.25, -0.2) is 0 Å². The van der Waals surface area contributed by atoms with E-state index in [1.165, 1.54) is 0 Å². The van der Waals surface area contributed by atoms with Crippen molar-refractivity contribution in [2.75, 3.05) is 0 Å². The predicted molar refractivity (Wildman–Crippen MR) is 89.7 cm³/mol. The number of fused-ring (bicyclic) bond motifs is 1. The van der Waals surface area contributed by atoms with Crippen molar-refractivity contribution in [3.63, 3.8) is 0 Å². The molecule has 0 aliphatic carbocycles. The highest BCUT2D eigenvalue weighted by molar-refractivity contribution is 14.1. The normalized spacial score (nSPS) is 12.6. The topological polar surface area (TPSA) is 33.1 Å². The van der Waals surface area contributed by atoms with Crippen molar-refractivity contribution in [1.82, 2.24) is 4.98 Å². The Morgan fingerprint density at radius 1 is 1.05 bits per heavy atom. The van der Waals surface area contributed by atoms with Crippen LogP contribution in [0.4, 0.5) is 0 Å². The highest BCUT2D eigenvalue weighted by atomic mass is 127. The lowest BCUT2D eigenvalue weighted by Gasteiger charge is -2.14. The van der Waals surface area contributed by atoms with Crippen LogP contribution in [0.3, 0.4) is 0 Å². The van der Waals surface area contributed by atoms with Crippen LogP contribution in [0.15, 0.2) is 54.6 Å². The molecule has 2 aromatic carbocycles. The smallest absolute Gasteiger partial charge is 0.105 e. The van der Waals surface area contributed by atoms with Gasteiger partial charge >= 0.3 is 0 Å². The molecule has 1 heterocycles. The van der Waals surface area contributed by atoms with Crippen molar-refractivity contribution in [1.29, 1.82) is 0 Å². The van der Waals surface area contributed by atoms with Gasteiger partial charge in [-0.15, -0.1) is 0 Å². The summed E-state index contributed by atoms with van der Waals surface area (Å²) in [5.74, 6) is 0. The van der Waals surface area contributed by atoms with E-state index in [0.29, 0.717) is 0 Å². The fourth-order valence-electron chi connectivity index (χ4n) is 2.29. The van der Waals surface area contributed by atoms with E-state index in [2.05, 4.69) is 27.6 Å². The first-order valence-electron chi connectivity index (χ1n) is 6.45. The Bertz CT molecular complexity index is 770. The quantitative estimate of drug-likeness (QED) is 0.680. The fourth-order valence-corrected chi connectivity index (χ4v) is 2.97. The Hall–Kier alpha value is -1.46. The largest absolute Gasteiger partial charge is 0.384 e. The molecule has 0 fully saturated rings. The van der Waals surface area contributed by atoms with Gasteiger partial charge in [-0.05, 0) is 64.9 Å². The van der Waals surface area contributed by atoms with Crippen molar-refractivity contribution in [2.24, 2.45) is 0 Å². The first-order valence-corrected chi connectivity index (χ1v) is 7.53. The SMILES string of the molecule is Cc1ccc2cc(C(O)c3ccccc3I)ccc2n1. The molecule has 3 heteroatoms. The molecule has 1 aromatic heterocycles. The van der Waals surface area contributed by atoms with Gasteiger partial charge in [0.15, 0.2) is 0 Å². The van der Waals surface area contributed by atoms with Crippen LogP contribution in [0, 0.1) is 10.5 Å². The van der Waals surface area contributed by atoms with E-state index >= 15 is 0 Å². The van der Waals surface area contributed by atoms with Crippen LogP contribution in [0.2, 0.25) is 0 Å². The minimum atomic E-state index is -0.603. The second-order valence-corrected chi connectivity index (χ2v) is 5.99. The molecule has 0 aliphatic heterocycles. The third-order valence-electron chi connectivity index (χ3n) is 3.37. The van der Waals surface area contributed by atoms with Gasteiger partial charge in [-0.2, -0.15) is 0 Å². The lowest BCUT2D eigenvalue weighted by atomic mass is 10.00. The van der Waals surface area contributed by atoms with Crippen molar-refractivity contribution in [3.05, 3.63) is 75.0 Å². The summed E-state index contributed by atoms with van der Waals surface area (Å²) in [5, 5.41) is 11.6. The van der Waals surface area contributed by atoms with Crippen LogP contribution >= 0.6 is 22.6 Å². The van der Waals surface area contributed by atoms with Gasteiger partial charge in [0.1, 0.15) is 6.10 Å². The van der Waals surface area contributed by atoms with E-state index in [9.17, 15) is 5.11 Å². The molecule has 0 saturated heterocycles. The number of aliphatic hydroxyl groups excluding tert-OH is 1. The summed E-state index contributed by atoms with van der Waals surface area (Å²) in [7, 11) is 0. The number of hydrogen-bond acceptors (Lipinski definition) is 2. The van der Waals surface area contributed by atoms with Crippen molar-refractivity contribution in [3.8, 4) is 0 Å². The highest BCUT2D eigenvalue weighted by Gasteiger charge is 2.13. The molecule has 3 rings (SSSR count). The molecule has 0 spiro atoms. The van der Waals surface area contributed by atoms with E-state index in [-0.39, 0.29) is 0 Å². The van der Waals surface area contributed by atoms with Crippen LogP contribution in [0.1, 0.15) is 22.9 Å². The lowest BCUT2D eigenvalue weighted by Crippen LogP contribution is -2.02.